The van der Waals surface area contributed by atoms with Crippen LogP contribution in [0.2, 0.25) is 0 Å². The molecule has 1 amide bonds. The number of thiol groups is 1. The Bertz CT molecular complexity index is 609. The summed E-state index contributed by atoms with van der Waals surface area (Å²) in [7, 11) is 0. The number of H-pyrrole nitrogens is 1. The molecule has 0 fully saturated rings. The van der Waals surface area contributed by atoms with Gasteiger partial charge in [0, 0.05) is 5.69 Å². The minimum atomic E-state index is -0.905. The van der Waals surface area contributed by atoms with E-state index in [0.29, 0.717) is 10.8 Å². The van der Waals surface area contributed by atoms with Crippen LogP contribution in [-0.4, -0.2) is 28.5 Å². The SMILES string of the molecule is CCOC(=O)C(=O)Nc1ccc2nc(S)[nH]c2c1. The Morgan fingerprint density at radius 2 is 2.28 bits per heavy atom. The van der Waals surface area contributed by atoms with Crippen LogP contribution >= 0.6 is 12.6 Å². The number of carbonyl (C=O) groups excluding carboxylic acids is 2. The molecule has 1 aromatic carbocycles. The maximum atomic E-state index is 11.4. The van der Waals surface area contributed by atoms with Gasteiger partial charge in [0.2, 0.25) is 0 Å². The van der Waals surface area contributed by atoms with Crippen molar-refractivity contribution in [3.63, 3.8) is 0 Å². The minimum Gasteiger partial charge on any atom is -0.459 e. The van der Waals surface area contributed by atoms with Crippen LogP contribution in [0.1, 0.15) is 6.92 Å². The predicted octanol–water partition coefficient (Wildman–Crippen LogP) is 1.35. The number of nitrogens with zero attached hydrogens (tertiary/aromatic N) is 1. The second-order valence-electron chi connectivity index (χ2n) is 3.47. The van der Waals surface area contributed by atoms with Gasteiger partial charge >= 0.3 is 11.9 Å². The van der Waals surface area contributed by atoms with E-state index in [-0.39, 0.29) is 6.61 Å². The molecule has 0 atom stereocenters. The second-order valence-corrected chi connectivity index (χ2v) is 3.89. The van der Waals surface area contributed by atoms with Crippen LogP contribution in [0.3, 0.4) is 0 Å². The second kappa shape index (κ2) is 5.09. The Balaban J connectivity index is 2.16. The standard InChI is InChI=1S/C11H11N3O3S/c1-2-17-10(16)9(15)12-6-3-4-7-8(5-6)14-11(18)13-7/h3-5H,2H2,1H3,(H,12,15)(H2,13,14,18). The van der Waals surface area contributed by atoms with E-state index in [4.69, 9.17) is 0 Å². The third-order valence-corrected chi connectivity index (χ3v) is 2.40. The zero-order chi connectivity index (χ0) is 13.1. The van der Waals surface area contributed by atoms with Gasteiger partial charge in [-0.3, -0.25) is 4.79 Å². The van der Waals surface area contributed by atoms with Crippen LogP contribution in [0.4, 0.5) is 5.69 Å². The number of hydrogen-bond donors (Lipinski definition) is 3. The van der Waals surface area contributed by atoms with Gasteiger partial charge in [0.05, 0.1) is 17.6 Å². The fourth-order valence-electron chi connectivity index (χ4n) is 1.45. The minimum absolute atomic E-state index is 0.162. The number of ether oxygens (including phenoxy) is 1. The highest BCUT2D eigenvalue weighted by molar-refractivity contribution is 7.80. The lowest BCUT2D eigenvalue weighted by atomic mass is 10.3. The van der Waals surface area contributed by atoms with E-state index in [0.717, 1.165) is 11.0 Å². The van der Waals surface area contributed by atoms with Gasteiger partial charge in [-0.15, -0.1) is 12.6 Å². The molecule has 0 unspecified atom stereocenters. The molecule has 1 heterocycles. The molecule has 18 heavy (non-hydrogen) atoms. The molecule has 2 aromatic rings. The highest BCUT2D eigenvalue weighted by atomic mass is 32.1. The number of amides is 1. The number of benzene rings is 1. The third-order valence-electron chi connectivity index (χ3n) is 2.19. The predicted molar refractivity (Wildman–Crippen MR) is 68.6 cm³/mol. The molecule has 0 aliphatic heterocycles. The number of nitrogens with one attached hydrogen (secondary N) is 2. The number of rotatable bonds is 2. The molecular weight excluding hydrogens is 254 g/mol. The van der Waals surface area contributed by atoms with Crippen LogP contribution < -0.4 is 5.32 Å². The molecule has 6 nitrogen and oxygen atoms in total. The van der Waals surface area contributed by atoms with Crippen molar-refractivity contribution >= 4 is 41.2 Å². The van der Waals surface area contributed by atoms with E-state index in [1.807, 2.05) is 0 Å². The van der Waals surface area contributed by atoms with Gasteiger partial charge in [-0.2, -0.15) is 0 Å². The summed E-state index contributed by atoms with van der Waals surface area (Å²) in [4.78, 5) is 29.6. The van der Waals surface area contributed by atoms with E-state index < -0.39 is 11.9 Å². The Morgan fingerprint density at radius 1 is 1.50 bits per heavy atom. The van der Waals surface area contributed by atoms with Crippen LogP contribution in [0.15, 0.2) is 23.4 Å². The Kier molecular flexibility index (Phi) is 3.52. The summed E-state index contributed by atoms with van der Waals surface area (Å²) in [6.07, 6.45) is 0. The Hall–Kier alpha value is -2.02. The first kappa shape index (κ1) is 12.4. The number of anilines is 1. The van der Waals surface area contributed by atoms with Gasteiger partial charge in [0.15, 0.2) is 5.16 Å². The van der Waals surface area contributed by atoms with Crippen LogP contribution in [0, 0.1) is 0 Å². The van der Waals surface area contributed by atoms with Gasteiger partial charge in [-0.25, -0.2) is 9.78 Å². The molecule has 2 rings (SSSR count). The van der Waals surface area contributed by atoms with E-state index in [9.17, 15) is 9.59 Å². The normalized spacial score (nSPS) is 10.3. The quantitative estimate of drug-likeness (QED) is 0.435. The van der Waals surface area contributed by atoms with Crippen molar-refractivity contribution in [2.24, 2.45) is 0 Å². The van der Waals surface area contributed by atoms with Crippen LogP contribution in [0.25, 0.3) is 11.0 Å². The zero-order valence-electron chi connectivity index (χ0n) is 9.56. The zero-order valence-corrected chi connectivity index (χ0v) is 10.5. The van der Waals surface area contributed by atoms with E-state index in [2.05, 4.69) is 32.7 Å². The fourth-order valence-corrected chi connectivity index (χ4v) is 1.68. The molecule has 0 saturated heterocycles. The van der Waals surface area contributed by atoms with Crippen molar-refractivity contribution in [2.45, 2.75) is 12.1 Å². The molecule has 7 heteroatoms. The van der Waals surface area contributed by atoms with Gasteiger partial charge < -0.3 is 15.0 Å². The summed E-state index contributed by atoms with van der Waals surface area (Å²) in [6, 6.07) is 5.03. The first-order valence-electron chi connectivity index (χ1n) is 5.27. The van der Waals surface area contributed by atoms with Crippen molar-refractivity contribution < 1.29 is 14.3 Å². The fraction of sp³-hybridized carbons (Fsp3) is 0.182. The smallest absolute Gasteiger partial charge is 0.397 e. The Morgan fingerprint density at radius 3 is 3.00 bits per heavy atom. The molecule has 0 bridgehead atoms. The van der Waals surface area contributed by atoms with Gasteiger partial charge in [0.25, 0.3) is 0 Å². The van der Waals surface area contributed by atoms with Crippen LogP contribution in [-0.2, 0) is 14.3 Å². The van der Waals surface area contributed by atoms with Gasteiger partial charge in [0.1, 0.15) is 0 Å². The summed E-state index contributed by atoms with van der Waals surface area (Å²) in [5.74, 6) is -1.71. The average molecular weight is 265 g/mol. The maximum Gasteiger partial charge on any atom is 0.397 e. The first-order valence-corrected chi connectivity index (χ1v) is 5.71. The number of esters is 1. The number of hydrogen-bond acceptors (Lipinski definition) is 5. The van der Waals surface area contributed by atoms with Crippen molar-refractivity contribution in [1.29, 1.82) is 0 Å². The molecule has 0 spiro atoms. The summed E-state index contributed by atoms with van der Waals surface area (Å²) in [5, 5.41) is 2.93. The number of carbonyl (C=O) groups is 2. The third kappa shape index (κ3) is 2.62. The highest BCUT2D eigenvalue weighted by Crippen LogP contribution is 2.18. The molecule has 0 radical (unpaired) electrons. The Labute approximate surface area is 108 Å². The number of aromatic amines is 1. The molecule has 2 N–H and O–H groups in total. The van der Waals surface area contributed by atoms with Gasteiger partial charge in [-0.05, 0) is 25.1 Å². The van der Waals surface area contributed by atoms with E-state index >= 15 is 0 Å². The lowest BCUT2D eigenvalue weighted by Gasteiger charge is -2.04. The van der Waals surface area contributed by atoms with Crippen molar-refractivity contribution in [1.82, 2.24) is 9.97 Å². The average Bonchev–Trinajstić information content (AvgIpc) is 2.68. The highest BCUT2D eigenvalue weighted by Gasteiger charge is 2.14. The number of fused-ring (bicyclic) bond motifs is 1. The monoisotopic (exact) mass is 265 g/mol. The lowest BCUT2D eigenvalue weighted by molar-refractivity contribution is -0.152. The van der Waals surface area contributed by atoms with Crippen LogP contribution in [0.5, 0.6) is 0 Å². The summed E-state index contributed by atoms with van der Waals surface area (Å²) < 4.78 is 4.58. The van der Waals surface area contributed by atoms with E-state index in [1.165, 1.54) is 0 Å². The lowest BCUT2D eigenvalue weighted by Crippen LogP contribution is -2.24. The largest absolute Gasteiger partial charge is 0.459 e. The molecule has 0 aliphatic rings. The molecular formula is C11H11N3O3S. The molecule has 1 aromatic heterocycles. The van der Waals surface area contributed by atoms with Crippen molar-refractivity contribution in [3.05, 3.63) is 18.2 Å². The topological polar surface area (TPSA) is 84.1 Å². The van der Waals surface area contributed by atoms with Crippen molar-refractivity contribution in [3.8, 4) is 0 Å². The summed E-state index contributed by atoms with van der Waals surface area (Å²) in [6.45, 7) is 1.80. The maximum absolute atomic E-state index is 11.4. The van der Waals surface area contributed by atoms with Crippen molar-refractivity contribution in [2.75, 3.05) is 11.9 Å². The summed E-state index contributed by atoms with van der Waals surface area (Å²) >= 11 is 4.08. The number of imidazole rings is 1. The molecule has 0 aliphatic carbocycles. The summed E-state index contributed by atoms with van der Waals surface area (Å²) in [5.41, 5.74) is 1.94. The van der Waals surface area contributed by atoms with E-state index in [1.54, 1.807) is 25.1 Å². The van der Waals surface area contributed by atoms with Gasteiger partial charge in [-0.1, -0.05) is 0 Å². The number of aromatic nitrogens is 2. The molecule has 94 valence electrons. The first-order chi connectivity index (χ1) is 8.60. The molecule has 0 saturated carbocycles.